The van der Waals surface area contributed by atoms with Gasteiger partial charge in [0, 0.05) is 23.1 Å². The monoisotopic (exact) mass is 342 g/mol. The molecule has 3 atom stereocenters. The molecule has 1 saturated carbocycles. The molecule has 1 saturated heterocycles. The Morgan fingerprint density at radius 1 is 1.36 bits per heavy atom. The van der Waals surface area contributed by atoms with Gasteiger partial charge in [0.05, 0.1) is 6.10 Å². The number of ketones is 1. The van der Waals surface area contributed by atoms with E-state index in [0.29, 0.717) is 41.5 Å². The Balaban J connectivity index is 1.89. The molecule has 3 unspecified atom stereocenters. The Morgan fingerprint density at radius 3 is 2.82 bits per heavy atom. The standard InChI is InChI=1S/C16H16Cl2O4/c1-2-21-10-5-6-16(8-10)14(19)13(15(20)22-16)11-4-3-9(17)7-12(11)18/h3-4,7,10,13H,2,5-6,8H2,1H3. The maximum atomic E-state index is 12.8. The molecule has 2 fully saturated rings. The van der Waals surface area contributed by atoms with Crippen LogP contribution in [0.25, 0.3) is 0 Å². The molecule has 3 rings (SSSR count). The van der Waals surface area contributed by atoms with E-state index in [1.807, 2.05) is 6.92 Å². The molecule has 22 heavy (non-hydrogen) atoms. The second kappa shape index (κ2) is 5.84. The van der Waals surface area contributed by atoms with Gasteiger partial charge in [0.15, 0.2) is 11.4 Å². The lowest BCUT2D eigenvalue weighted by Gasteiger charge is -2.20. The summed E-state index contributed by atoms with van der Waals surface area (Å²) in [6, 6.07) is 4.76. The fourth-order valence-corrected chi connectivity index (χ4v) is 3.85. The molecule has 2 aliphatic rings. The Bertz CT molecular complexity index is 631. The summed E-state index contributed by atoms with van der Waals surface area (Å²) in [5, 5.41) is 0.763. The molecule has 0 aromatic heterocycles. The minimum atomic E-state index is -1.05. The number of carbonyl (C=O) groups is 2. The van der Waals surface area contributed by atoms with Gasteiger partial charge in [0.2, 0.25) is 0 Å². The van der Waals surface area contributed by atoms with Gasteiger partial charge in [-0.25, -0.2) is 0 Å². The highest BCUT2D eigenvalue weighted by molar-refractivity contribution is 6.35. The first-order valence-corrected chi connectivity index (χ1v) is 8.06. The summed E-state index contributed by atoms with van der Waals surface area (Å²) < 4.78 is 11.1. The van der Waals surface area contributed by atoms with Crippen LogP contribution in [-0.4, -0.2) is 30.1 Å². The number of rotatable bonds is 3. The highest BCUT2D eigenvalue weighted by Gasteiger charge is 2.59. The summed E-state index contributed by atoms with van der Waals surface area (Å²) >= 11 is 12.0. The number of ether oxygens (including phenoxy) is 2. The van der Waals surface area contributed by atoms with Gasteiger partial charge in [-0.05, 0) is 37.5 Å². The molecule has 0 amide bonds. The van der Waals surface area contributed by atoms with E-state index in [9.17, 15) is 9.59 Å². The van der Waals surface area contributed by atoms with Gasteiger partial charge in [-0.15, -0.1) is 0 Å². The van der Waals surface area contributed by atoms with Gasteiger partial charge in [-0.3, -0.25) is 9.59 Å². The molecular weight excluding hydrogens is 327 g/mol. The Hall–Kier alpha value is -1.10. The van der Waals surface area contributed by atoms with Crippen LogP contribution in [0.15, 0.2) is 18.2 Å². The third-order valence-electron chi connectivity index (χ3n) is 4.35. The fourth-order valence-electron chi connectivity index (χ4n) is 3.34. The van der Waals surface area contributed by atoms with Gasteiger partial charge in [0.25, 0.3) is 0 Å². The minimum Gasteiger partial charge on any atom is -0.450 e. The Morgan fingerprint density at radius 2 is 2.14 bits per heavy atom. The zero-order chi connectivity index (χ0) is 15.9. The first-order valence-electron chi connectivity index (χ1n) is 7.30. The molecule has 118 valence electrons. The Kier molecular flexibility index (Phi) is 4.19. The van der Waals surface area contributed by atoms with Crippen LogP contribution in [-0.2, 0) is 19.1 Å². The van der Waals surface area contributed by atoms with Gasteiger partial charge < -0.3 is 9.47 Å². The number of esters is 1. The normalized spacial score (nSPS) is 31.0. The van der Waals surface area contributed by atoms with Crippen molar-refractivity contribution in [1.29, 1.82) is 0 Å². The quantitative estimate of drug-likeness (QED) is 0.622. The minimum absolute atomic E-state index is 0.0406. The summed E-state index contributed by atoms with van der Waals surface area (Å²) in [4.78, 5) is 25.1. The fraction of sp³-hybridized carbons (Fsp3) is 0.500. The molecule has 0 N–H and O–H groups in total. The number of halogens is 2. The van der Waals surface area contributed by atoms with Crippen LogP contribution in [0.4, 0.5) is 0 Å². The second-order valence-corrected chi connectivity index (χ2v) is 6.54. The van der Waals surface area contributed by atoms with Crippen molar-refractivity contribution in [1.82, 2.24) is 0 Å². The summed E-state index contributed by atoms with van der Waals surface area (Å²) in [5.74, 6) is -1.72. The van der Waals surface area contributed by atoms with Crippen LogP contribution in [0.5, 0.6) is 0 Å². The number of hydrogen-bond acceptors (Lipinski definition) is 4. The van der Waals surface area contributed by atoms with Gasteiger partial charge in [-0.2, -0.15) is 0 Å². The maximum absolute atomic E-state index is 12.8. The summed E-state index contributed by atoms with van der Waals surface area (Å²) in [5.41, 5.74) is -0.595. The van der Waals surface area contributed by atoms with Gasteiger partial charge in [-0.1, -0.05) is 29.3 Å². The summed E-state index contributed by atoms with van der Waals surface area (Å²) in [6.07, 6.45) is 1.60. The van der Waals surface area contributed by atoms with Crippen molar-refractivity contribution in [3.63, 3.8) is 0 Å². The van der Waals surface area contributed by atoms with E-state index < -0.39 is 17.5 Å². The number of carbonyl (C=O) groups excluding carboxylic acids is 2. The van der Waals surface area contributed by atoms with Crippen molar-refractivity contribution in [2.45, 2.75) is 43.8 Å². The molecule has 6 heteroatoms. The molecule has 1 aliphatic heterocycles. The average Bonchev–Trinajstić information content (AvgIpc) is 2.95. The van der Waals surface area contributed by atoms with Crippen LogP contribution in [0.2, 0.25) is 10.0 Å². The largest absolute Gasteiger partial charge is 0.450 e. The van der Waals surface area contributed by atoms with E-state index in [1.54, 1.807) is 12.1 Å². The lowest BCUT2D eigenvalue weighted by atomic mass is 9.86. The molecule has 1 aromatic carbocycles. The van der Waals surface area contributed by atoms with Gasteiger partial charge >= 0.3 is 5.97 Å². The highest BCUT2D eigenvalue weighted by atomic mass is 35.5. The van der Waals surface area contributed by atoms with E-state index in [4.69, 9.17) is 32.7 Å². The van der Waals surface area contributed by atoms with E-state index in [0.717, 1.165) is 0 Å². The van der Waals surface area contributed by atoms with Crippen LogP contribution in [0, 0.1) is 0 Å². The molecule has 1 heterocycles. The number of hydrogen-bond donors (Lipinski definition) is 0. The highest BCUT2D eigenvalue weighted by Crippen LogP contribution is 2.46. The van der Waals surface area contributed by atoms with Crippen LogP contribution < -0.4 is 0 Å². The SMILES string of the molecule is CCOC1CCC2(C1)OC(=O)C(c1ccc(Cl)cc1Cl)C2=O. The molecule has 1 spiro atoms. The number of Topliss-reactive ketones (excluding diaryl/α,β-unsaturated/α-hetero) is 1. The zero-order valence-electron chi connectivity index (χ0n) is 12.1. The predicted molar refractivity (Wildman–Crippen MR) is 82.3 cm³/mol. The van der Waals surface area contributed by atoms with E-state index >= 15 is 0 Å². The third kappa shape index (κ3) is 2.53. The van der Waals surface area contributed by atoms with Crippen LogP contribution in [0.1, 0.15) is 37.7 Å². The van der Waals surface area contributed by atoms with Crippen molar-refractivity contribution in [3.8, 4) is 0 Å². The predicted octanol–water partition coefficient (Wildman–Crippen LogP) is 3.53. The van der Waals surface area contributed by atoms with Gasteiger partial charge in [0.1, 0.15) is 5.92 Å². The van der Waals surface area contributed by atoms with E-state index in [2.05, 4.69) is 0 Å². The van der Waals surface area contributed by atoms with E-state index in [-0.39, 0.29) is 11.9 Å². The average molecular weight is 343 g/mol. The summed E-state index contributed by atoms with van der Waals surface area (Å²) in [6.45, 7) is 2.49. The number of benzene rings is 1. The molecule has 4 nitrogen and oxygen atoms in total. The van der Waals surface area contributed by atoms with Crippen LogP contribution >= 0.6 is 23.2 Å². The Labute approximate surface area is 138 Å². The van der Waals surface area contributed by atoms with Crippen molar-refractivity contribution in [2.75, 3.05) is 6.61 Å². The van der Waals surface area contributed by atoms with Crippen molar-refractivity contribution in [3.05, 3.63) is 33.8 Å². The first kappa shape index (κ1) is 15.8. The second-order valence-electron chi connectivity index (χ2n) is 5.70. The zero-order valence-corrected chi connectivity index (χ0v) is 13.6. The lowest BCUT2D eigenvalue weighted by Crippen LogP contribution is -2.35. The maximum Gasteiger partial charge on any atom is 0.322 e. The smallest absolute Gasteiger partial charge is 0.322 e. The third-order valence-corrected chi connectivity index (χ3v) is 4.91. The van der Waals surface area contributed by atoms with E-state index in [1.165, 1.54) is 6.07 Å². The van der Waals surface area contributed by atoms with Crippen molar-refractivity contribution < 1.29 is 19.1 Å². The molecular formula is C16H16Cl2O4. The van der Waals surface area contributed by atoms with Crippen molar-refractivity contribution >= 4 is 35.0 Å². The van der Waals surface area contributed by atoms with Crippen molar-refractivity contribution in [2.24, 2.45) is 0 Å². The van der Waals surface area contributed by atoms with Crippen LogP contribution in [0.3, 0.4) is 0 Å². The molecule has 0 radical (unpaired) electrons. The topological polar surface area (TPSA) is 52.6 Å². The lowest BCUT2D eigenvalue weighted by molar-refractivity contribution is -0.152. The molecule has 1 aliphatic carbocycles. The summed E-state index contributed by atoms with van der Waals surface area (Å²) in [7, 11) is 0. The first-order chi connectivity index (χ1) is 10.5. The molecule has 0 bridgehead atoms. The molecule has 1 aromatic rings.